The summed E-state index contributed by atoms with van der Waals surface area (Å²) in [5.74, 6) is -0.503. The van der Waals surface area contributed by atoms with E-state index in [2.05, 4.69) is 10.6 Å². The number of benzene rings is 2. The zero-order valence-corrected chi connectivity index (χ0v) is 18.3. The van der Waals surface area contributed by atoms with E-state index in [0.717, 1.165) is 11.1 Å². The second-order valence-corrected chi connectivity index (χ2v) is 9.25. The van der Waals surface area contributed by atoms with Gasteiger partial charge >= 0.3 is 0 Å². The molecule has 1 aliphatic heterocycles. The summed E-state index contributed by atoms with van der Waals surface area (Å²) in [5.41, 5.74) is 2.19. The number of carbonyl (C=O) groups excluding carboxylic acids is 2. The lowest BCUT2D eigenvalue weighted by molar-refractivity contribution is -0.126. The molecule has 0 atom stereocenters. The van der Waals surface area contributed by atoms with Crippen LogP contribution in [-0.2, 0) is 21.4 Å². The third-order valence-corrected chi connectivity index (χ3v) is 6.86. The van der Waals surface area contributed by atoms with Crippen LogP contribution in [0.15, 0.2) is 60.0 Å². The number of carbonyl (C=O) groups is 2. The van der Waals surface area contributed by atoms with E-state index >= 15 is 0 Å². The summed E-state index contributed by atoms with van der Waals surface area (Å²) in [6, 6.07) is 16.3. The molecule has 1 aliphatic rings. The van der Waals surface area contributed by atoms with Gasteiger partial charge in [0.05, 0.1) is 0 Å². The number of hydrogen-bond donors (Lipinski definition) is 2. The van der Waals surface area contributed by atoms with Crippen molar-refractivity contribution in [3.63, 3.8) is 0 Å². The third kappa shape index (κ3) is 6.26. The Kier molecular flexibility index (Phi) is 7.59. The molecule has 0 spiro atoms. The topological polar surface area (TPSA) is 95.6 Å². The lowest BCUT2D eigenvalue weighted by atomic mass is 9.97. The van der Waals surface area contributed by atoms with Crippen molar-refractivity contribution >= 4 is 27.9 Å². The van der Waals surface area contributed by atoms with Gasteiger partial charge in [-0.3, -0.25) is 9.59 Å². The Morgan fingerprint density at radius 1 is 1.06 bits per heavy atom. The standard InChI is InChI=1S/C23H27N3O4S/c1-24-22(27)21-9-5-8-19(16-21)17-25-23(28)20-10-13-26(14-11-20)31(29,30)15-12-18-6-3-2-4-7-18/h2-9,12,15-16,20H,10-11,13-14,17H2,1H3,(H,24,27)(H,25,28)/b15-12+. The van der Waals surface area contributed by atoms with Crippen LogP contribution in [0.2, 0.25) is 0 Å². The minimum atomic E-state index is -3.52. The molecular weight excluding hydrogens is 414 g/mol. The summed E-state index contributed by atoms with van der Waals surface area (Å²) < 4.78 is 26.5. The Labute approximate surface area is 183 Å². The molecule has 31 heavy (non-hydrogen) atoms. The lowest BCUT2D eigenvalue weighted by Crippen LogP contribution is -2.42. The Morgan fingerprint density at radius 3 is 2.45 bits per heavy atom. The van der Waals surface area contributed by atoms with Crippen LogP contribution in [0.5, 0.6) is 0 Å². The van der Waals surface area contributed by atoms with Crippen molar-refractivity contribution in [1.82, 2.24) is 14.9 Å². The summed E-state index contributed by atoms with van der Waals surface area (Å²) in [4.78, 5) is 24.3. The van der Waals surface area contributed by atoms with Gasteiger partial charge in [0.15, 0.2) is 0 Å². The second kappa shape index (κ2) is 10.4. The number of rotatable bonds is 7. The number of sulfonamides is 1. The Balaban J connectivity index is 1.50. The summed E-state index contributed by atoms with van der Waals surface area (Å²) in [6.45, 7) is 0.944. The van der Waals surface area contributed by atoms with Crippen molar-refractivity contribution in [3.05, 3.63) is 76.7 Å². The molecule has 164 valence electrons. The maximum Gasteiger partial charge on any atom is 0.251 e. The molecule has 0 saturated carbocycles. The molecule has 1 fully saturated rings. The average Bonchev–Trinajstić information content (AvgIpc) is 2.81. The zero-order valence-electron chi connectivity index (χ0n) is 17.5. The maximum absolute atomic E-state index is 12.6. The number of nitrogens with zero attached hydrogens (tertiary/aromatic N) is 1. The highest BCUT2D eigenvalue weighted by molar-refractivity contribution is 7.92. The molecule has 2 aromatic carbocycles. The molecule has 0 radical (unpaired) electrons. The van der Waals surface area contributed by atoms with Gasteiger partial charge in [-0.15, -0.1) is 0 Å². The fourth-order valence-corrected chi connectivity index (χ4v) is 4.71. The zero-order chi connectivity index (χ0) is 22.3. The van der Waals surface area contributed by atoms with Crippen LogP contribution in [0.4, 0.5) is 0 Å². The fourth-order valence-electron chi connectivity index (χ4n) is 3.49. The number of piperidine rings is 1. The smallest absolute Gasteiger partial charge is 0.251 e. The Hall–Kier alpha value is -2.97. The van der Waals surface area contributed by atoms with Crippen molar-refractivity contribution in [2.75, 3.05) is 20.1 Å². The quantitative estimate of drug-likeness (QED) is 0.690. The molecule has 0 aromatic heterocycles. The van der Waals surface area contributed by atoms with E-state index < -0.39 is 10.0 Å². The van der Waals surface area contributed by atoms with Crippen LogP contribution in [0, 0.1) is 5.92 Å². The van der Waals surface area contributed by atoms with Crippen molar-refractivity contribution in [3.8, 4) is 0 Å². The minimum absolute atomic E-state index is 0.0952. The van der Waals surface area contributed by atoms with Gasteiger partial charge in [-0.05, 0) is 42.2 Å². The highest BCUT2D eigenvalue weighted by atomic mass is 32.2. The van der Waals surface area contributed by atoms with Gasteiger partial charge in [0.1, 0.15) is 0 Å². The highest BCUT2D eigenvalue weighted by Crippen LogP contribution is 2.21. The van der Waals surface area contributed by atoms with Gasteiger partial charge in [-0.1, -0.05) is 42.5 Å². The maximum atomic E-state index is 12.6. The van der Waals surface area contributed by atoms with Crippen LogP contribution in [0.1, 0.15) is 34.3 Å². The van der Waals surface area contributed by atoms with Gasteiger partial charge in [-0.25, -0.2) is 8.42 Å². The first-order valence-electron chi connectivity index (χ1n) is 10.2. The van der Waals surface area contributed by atoms with Gasteiger partial charge < -0.3 is 10.6 Å². The highest BCUT2D eigenvalue weighted by Gasteiger charge is 2.29. The number of hydrogen-bond acceptors (Lipinski definition) is 4. The molecule has 2 amide bonds. The third-order valence-electron chi connectivity index (χ3n) is 5.30. The molecule has 2 N–H and O–H groups in total. The molecule has 2 aromatic rings. The molecule has 7 nitrogen and oxygen atoms in total. The molecule has 1 heterocycles. The van der Waals surface area contributed by atoms with Crippen LogP contribution < -0.4 is 10.6 Å². The first-order chi connectivity index (χ1) is 14.9. The van der Waals surface area contributed by atoms with Gasteiger partial charge in [0.25, 0.3) is 5.91 Å². The van der Waals surface area contributed by atoms with E-state index in [9.17, 15) is 18.0 Å². The van der Waals surface area contributed by atoms with Crippen LogP contribution in [0.3, 0.4) is 0 Å². The first-order valence-corrected chi connectivity index (χ1v) is 11.7. The molecule has 0 bridgehead atoms. The van der Waals surface area contributed by atoms with E-state index in [1.807, 2.05) is 36.4 Å². The minimum Gasteiger partial charge on any atom is -0.355 e. The predicted molar refractivity (Wildman–Crippen MR) is 120 cm³/mol. The van der Waals surface area contributed by atoms with Crippen molar-refractivity contribution in [1.29, 1.82) is 0 Å². The molecule has 3 rings (SSSR count). The summed E-state index contributed by atoms with van der Waals surface area (Å²) in [7, 11) is -1.95. The molecule has 0 unspecified atom stereocenters. The number of amides is 2. The molecular formula is C23H27N3O4S. The first kappa shape index (κ1) is 22.7. The lowest BCUT2D eigenvalue weighted by Gasteiger charge is -2.29. The van der Waals surface area contributed by atoms with E-state index in [1.54, 1.807) is 31.3 Å². The molecule has 1 saturated heterocycles. The molecule has 8 heteroatoms. The van der Waals surface area contributed by atoms with Crippen LogP contribution in [0.25, 0.3) is 6.08 Å². The monoisotopic (exact) mass is 441 g/mol. The normalized spacial score (nSPS) is 15.6. The summed E-state index contributed by atoms with van der Waals surface area (Å²) >= 11 is 0. The van der Waals surface area contributed by atoms with E-state index in [0.29, 0.717) is 38.0 Å². The van der Waals surface area contributed by atoms with E-state index in [-0.39, 0.29) is 17.7 Å². The Morgan fingerprint density at radius 2 is 1.77 bits per heavy atom. The number of nitrogens with one attached hydrogen (secondary N) is 2. The summed E-state index contributed by atoms with van der Waals surface area (Å²) in [6.07, 6.45) is 2.53. The fraction of sp³-hybridized carbons (Fsp3) is 0.304. The van der Waals surface area contributed by atoms with E-state index in [1.165, 1.54) is 9.71 Å². The second-order valence-electron chi connectivity index (χ2n) is 7.43. The molecule has 0 aliphatic carbocycles. The van der Waals surface area contributed by atoms with Crippen LogP contribution in [-0.4, -0.2) is 44.7 Å². The van der Waals surface area contributed by atoms with Crippen molar-refractivity contribution < 1.29 is 18.0 Å². The Bertz CT molecular complexity index is 1040. The van der Waals surface area contributed by atoms with E-state index in [4.69, 9.17) is 0 Å². The van der Waals surface area contributed by atoms with Gasteiger partial charge in [-0.2, -0.15) is 4.31 Å². The van der Waals surface area contributed by atoms with Crippen molar-refractivity contribution in [2.45, 2.75) is 19.4 Å². The largest absolute Gasteiger partial charge is 0.355 e. The summed E-state index contributed by atoms with van der Waals surface area (Å²) in [5, 5.41) is 6.70. The van der Waals surface area contributed by atoms with Crippen molar-refractivity contribution in [2.24, 2.45) is 5.92 Å². The van der Waals surface area contributed by atoms with Crippen LogP contribution >= 0.6 is 0 Å². The average molecular weight is 442 g/mol. The van der Waals surface area contributed by atoms with Gasteiger partial charge in [0.2, 0.25) is 15.9 Å². The predicted octanol–water partition coefficient (Wildman–Crippen LogP) is 2.38. The SMILES string of the molecule is CNC(=O)c1cccc(CNC(=O)C2CCN(S(=O)(=O)/C=C/c3ccccc3)CC2)c1. The van der Waals surface area contributed by atoms with Gasteiger partial charge in [0, 0.05) is 43.6 Å².